The van der Waals surface area contributed by atoms with Crippen molar-refractivity contribution in [2.45, 2.75) is 18.7 Å². The predicted octanol–water partition coefficient (Wildman–Crippen LogP) is 2.79. The fourth-order valence-electron chi connectivity index (χ4n) is 2.27. The van der Waals surface area contributed by atoms with Gasteiger partial charge in [0.1, 0.15) is 5.75 Å². The summed E-state index contributed by atoms with van der Waals surface area (Å²) in [7, 11) is 1.32. The van der Waals surface area contributed by atoms with E-state index in [0.717, 1.165) is 5.69 Å². The summed E-state index contributed by atoms with van der Waals surface area (Å²) in [6, 6.07) is 6.37. The number of benzene rings is 1. The van der Waals surface area contributed by atoms with Gasteiger partial charge in [0, 0.05) is 18.8 Å². The molecule has 0 aliphatic carbocycles. The third-order valence-corrected chi connectivity index (χ3v) is 3.42. The molecular weight excluding hydrogens is 287 g/mol. The van der Waals surface area contributed by atoms with Crippen molar-refractivity contribution < 1.29 is 23.4 Å². The third-order valence-electron chi connectivity index (χ3n) is 3.30. The Morgan fingerprint density at radius 1 is 1.30 bits per heavy atom. The number of hydrogen-bond donors (Lipinski definition) is 1. The van der Waals surface area contributed by atoms with E-state index in [1.165, 1.54) is 21.4 Å². The number of alkyl halides is 2. The Morgan fingerprint density at radius 3 is 2.30 bits per heavy atom. The zero-order valence-electron chi connectivity index (χ0n) is 10.8. The van der Waals surface area contributed by atoms with Gasteiger partial charge in [0.25, 0.3) is 0 Å². The van der Waals surface area contributed by atoms with E-state index in [0.29, 0.717) is 25.9 Å². The average Bonchev–Trinajstić information content (AvgIpc) is 2.38. The molecule has 1 heterocycles. The number of nitrogens with zero attached hydrogens (tertiary/aromatic N) is 1. The van der Waals surface area contributed by atoms with Crippen LogP contribution in [0.2, 0.25) is 0 Å². The monoisotopic (exact) mass is 303 g/mol. The molecule has 1 saturated heterocycles. The van der Waals surface area contributed by atoms with Crippen LogP contribution in [0.3, 0.4) is 0 Å². The van der Waals surface area contributed by atoms with Gasteiger partial charge in [0.15, 0.2) is 0 Å². The Morgan fingerprint density at radius 2 is 1.85 bits per heavy atom. The highest BCUT2D eigenvalue weighted by Gasteiger charge is 2.25. The maximum Gasteiger partial charge on any atom is 0.408 e. The lowest BCUT2D eigenvalue weighted by Gasteiger charge is -2.32. The summed E-state index contributed by atoms with van der Waals surface area (Å²) in [6.07, 6.45) is 1.19. The lowest BCUT2D eigenvalue weighted by Crippen LogP contribution is -2.36. The molecule has 0 bridgehead atoms. The van der Waals surface area contributed by atoms with Gasteiger partial charge in [0.2, 0.25) is 0 Å². The second kappa shape index (κ2) is 5.92. The van der Waals surface area contributed by atoms with E-state index < -0.39 is 11.8 Å². The van der Waals surface area contributed by atoms with E-state index in [9.17, 15) is 13.6 Å². The van der Waals surface area contributed by atoms with Crippen molar-refractivity contribution in [2.75, 3.05) is 18.0 Å². The van der Waals surface area contributed by atoms with Crippen LogP contribution in [0, 0.1) is 5.92 Å². The molecule has 1 aromatic carbocycles. The van der Waals surface area contributed by atoms with Crippen LogP contribution in [0.5, 0.6) is 5.75 Å². The molecule has 2 rings (SSSR count). The summed E-state index contributed by atoms with van der Waals surface area (Å²) in [5.41, 5.74) is 0.883. The minimum Gasteiger partial charge on any atom is -0.481 e. The topological polar surface area (TPSA) is 49.8 Å². The SMILES string of the molecule is O=C(O)C1CCN(c2ccc(OC(F)(F)P)cc2)CC1. The minimum atomic E-state index is -3.28. The van der Waals surface area contributed by atoms with Gasteiger partial charge in [-0.05, 0) is 46.3 Å². The normalized spacial score (nSPS) is 17.1. The molecule has 1 atom stereocenters. The number of hydrogen-bond acceptors (Lipinski definition) is 3. The largest absolute Gasteiger partial charge is 0.481 e. The molecular formula is C13H16F2NO3P. The van der Waals surface area contributed by atoms with Crippen molar-refractivity contribution in [3.05, 3.63) is 24.3 Å². The van der Waals surface area contributed by atoms with E-state index in [4.69, 9.17) is 5.11 Å². The van der Waals surface area contributed by atoms with Crippen LogP contribution >= 0.6 is 9.24 Å². The van der Waals surface area contributed by atoms with Gasteiger partial charge in [-0.3, -0.25) is 4.79 Å². The standard InChI is InChI=1S/C13H16F2NO3P/c14-13(15,20)19-11-3-1-10(2-4-11)16-7-5-9(6-8-16)12(17)18/h1-4,9H,5-8,20H2,(H,17,18). The van der Waals surface area contributed by atoms with Crippen LogP contribution in [0.25, 0.3) is 0 Å². The first-order chi connectivity index (χ1) is 9.35. The lowest BCUT2D eigenvalue weighted by molar-refractivity contribution is -0.142. The van der Waals surface area contributed by atoms with Gasteiger partial charge in [-0.1, -0.05) is 0 Å². The highest BCUT2D eigenvalue weighted by Crippen LogP contribution is 2.29. The van der Waals surface area contributed by atoms with Gasteiger partial charge >= 0.3 is 11.8 Å². The maximum absolute atomic E-state index is 12.7. The van der Waals surface area contributed by atoms with Crippen molar-refractivity contribution in [2.24, 2.45) is 5.92 Å². The number of carboxylic acid groups (broad SMARTS) is 1. The van der Waals surface area contributed by atoms with Crippen LogP contribution in [0.1, 0.15) is 12.8 Å². The van der Waals surface area contributed by atoms with Crippen molar-refractivity contribution in [1.29, 1.82) is 0 Å². The fraction of sp³-hybridized carbons (Fsp3) is 0.462. The van der Waals surface area contributed by atoms with Crippen molar-refractivity contribution in [1.82, 2.24) is 0 Å². The fourth-order valence-corrected chi connectivity index (χ4v) is 2.40. The zero-order valence-corrected chi connectivity index (χ0v) is 11.9. The van der Waals surface area contributed by atoms with E-state index >= 15 is 0 Å². The van der Waals surface area contributed by atoms with Gasteiger partial charge in [0.05, 0.1) is 5.92 Å². The third kappa shape index (κ3) is 4.04. The lowest BCUT2D eigenvalue weighted by atomic mass is 9.97. The number of anilines is 1. The number of carboxylic acids is 1. The van der Waals surface area contributed by atoms with Gasteiger partial charge in [-0.25, -0.2) is 0 Å². The molecule has 1 N–H and O–H groups in total. The molecule has 1 aliphatic heterocycles. The number of halogens is 2. The summed E-state index contributed by atoms with van der Waals surface area (Å²) in [4.78, 5) is 12.9. The van der Waals surface area contributed by atoms with E-state index in [1.54, 1.807) is 12.1 Å². The molecule has 0 amide bonds. The van der Waals surface area contributed by atoms with E-state index in [1.807, 2.05) is 4.90 Å². The second-order valence-electron chi connectivity index (χ2n) is 4.76. The predicted molar refractivity (Wildman–Crippen MR) is 74.3 cm³/mol. The first-order valence-corrected chi connectivity index (χ1v) is 6.86. The molecule has 20 heavy (non-hydrogen) atoms. The molecule has 7 heteroatoms. The molecule has 1 fully saturated rings. The molecule has 110 valence electrons. The average molecular weight is 303 g/mol. The number of carbonyl (C=O) groups is 1. The Labute approximate surface area is 117 Å². The summed E-state index contributed by atoms with van der Waals surface area (Å²) >= 11 is 0. The van der Waals surface area contributed by atoms with Crippen LogP contribution in [0.15, 0.2) is 24.3 Å². The summed E-state index contributed by atoms with van der Waals surface area (Å²) in [5.74, 6) is -4.23. The number of aliphatic carboxylic acids is 1. The Kier molecular flexibility index (Phi) is 4.43. The Bertz CT molecular complexity index is 467. The van der Waals surface area contributed by atoms with Crippen LogP contribution < -0.4 is 9.64 Å². The smallest absolute Gasteiger partial charge is 0.408 e. The summed E-state index contributed by atoms with van der Waals surface area (Å²) in [6.45, 7) is 1.30. The van der Waals surface area contributed by atoms with Crippen molar-refractivity contribution in [3.8, 4) is 5.75 Å². The van der Waals surface area contributed by atoms with Gasteiger partial charge < -0.3 is 14.7 Å². The van der Waals surface area contributed by atoms with E-state index in [2.05, 4.69) is 4.74 Å². The Hall–Kier alpha value is -1.42. The molecule has 4 nitrogen and oxygen atoms in total. The first kappa shape index (κ1) is 15.0. The second-order valence-corrected chi connectivity index (χ2v) is 5.43. The molecule has 0 aromatic heterocycles. The van der Waals surface area contributed by atoms with Crippen LogP contribution in [-0.2, 0) is 4.79 Å². The van der Waals surface area contributed by atoms with Crippen LogP contribution in [-0.4, -0.2) is 30.0 Å². The van der Waals surface area contributed by atoms with E-state index in [-0.39, 0.29) is 11.7 Å². The van der Waals surface area contributed by atoms with Gasteiger partial charge in [-0.2, -0.15) is 8.78 Å². The Balaban J connectivity index is 1.96. The first-order valence-electron chi connectivity index (χ1n) is 6.29. The van der Waals surface area contributed by atoms with Gasteiger partial charge in [-0.15, -0.1) is 0 Å². The molecule has 0 saturated carbocycles. The summed E-state index contributed by atoms with van der Waals surface area (Å²) < 4.78 is 29.7. The molecule has 0 spiro atoms. The van der Waals surface area contributed by atoms with Crippen LogP contribution in [0.4, 0.5) is 14.5 Å². The number of ether oxygens (including phenoxy) is 1. The molecule has 1 aliphatic rings. The molecule has 1 unspecified atom stereocenters. The number of rotatable bonds is 4. The minimum absolute atomic E-state index is 0.0918. The molecule has 0 radical (unpaired) electrons. The zero-order chi connectivity index (χ0) is 14.8. The highest BCUT2D eigenvalue weighted by atomic mass is 31.0. The highest BCUT2D eigenvalue weighted by molar-refractivity contribution is 7.17. The quantitative estimate of drug-likeness (QED) is 0.869. The summed E-state index contributed by atoms with van der Waals surface area (Å²) in [5, 5.41) is 8.93. The molecule has 1 aromatic rings. The number of piperidine rings is 1. The van der Waals surface area contributed by atoms with Crippen molar-refractivity contribution >= 4 is 20.9 Å². The van der Waals surface area contributed by atoms with Crippen molar-refractivity contribution in [3.63, 3.8) is 0 Å². The maximum atomic E-state index is 12.7.